The molecule has 106 valence electrons. The third-order valence-electron chi connectivity index (χ3n) is 3.48. The van der Waals surface area contributed by atoms with Crippen LogP contribution in [0, 0.1) is 0 Å². The van der Waals surface area contributed by atoms with Crippen molar-refractivity contribution in [1.82, 2.24) is 5.32 Å². The molecule has 0 radical (unpaired) electrons. The molecular weight excluding hydrogens is 260 g/mol. The Balaban J connectivity index is 2.09. The predicted octanol–water partition coefficient (Wildman–Crippen LogP) is 0.810. The van der Waals surface area contributed by atoms with E-state index >= 15 is 0 Å². The van der Waals surface area contributed by atoms with Gasteiger partial charge in [-0.05, 0) is 29.9 Å². The molecule has 0 amide bonds. The SMILES string of the molecule is OC(CCS)C(O)c1cccc(N2CCNCC2)c1. The van der Waals surface area contributed by atoms with Crippen LogP contribution in [0.3, 0.4) is 0 Å². The standard InChI is InChI=1S/C14H22N2O2S/c17-13(4-9-19)14(18)11-2-1-3-12(10-11)16-7-5-15-6-8-16/h1-3,10,13-15,17-19H,4-9H2. The van der Waals surface area contributed by atoms with E-state index < -0.39 is 12.2 Å². The molecule has 0 aliphatic carbocycles. The van der Waals surface area contributed by atoms with Gasteiger partial charge in [0.2, 0.25) is 0 Å². The van der Waals surface area contributed by atoms with Gasteiger partial charge in [0.05, 0.1) is 6.10 Å². The first kappa shape index (κ1) is 14.7. The maximum atomic E-state index is 10.1. The minimum absolute atomic E-state index is 0.488. The summed E-state index contributed by atoms with van der Waals surface area (Å²) < 4.78 is 0. The van der Waals surface area contributed by atoms with Crippen LogP contribution in [0.25, 0.3) is 0 Å². The second kappa shape index (κ2) is 7.14. The summed E-state index contributed by atoms with van der Waals surface area (Å²) in [4.78, 5) is 2.29. The highest BCUT2D eigenvalue weighted by Crippen LogP contribution is 2.24. The summed E-state index contributed by atoms with van der Waals surface area (Å²) in [6.45, 7) is 3.90. The molecule has 1 fully saturated rings. The summed E-state index contributed by atoms with van der Waals surface area (Å²) in [6.07, 6.45) is -1.10. The third kappa shape index (κ3) is 3.86. The molecule has 2 unspecified atom stereocenters. The average Bonchev–Trinajstić information content (AvgIpc) is 2.48. The van der Waals surface area contributed by atoms with Gasteiger partial charge in [0.15, 0.2) is 0 Å². The fraction of sp³-hybridized carbons (Fsp3) is 0.571. The van der Waals surface area contributed by atoms with E-state index in [2.05, 4.69) is 22.8 Å². The lowest BCUT2D eigenvalue weighted by Crippen LogP contribution is -2.43. The highest BCUT2D eigenvalue weighted by atomic mass is 32.1. The number of anilines is 1. The molecule has 4 nitrogen and oxygen atoms in total. The van der Waals surface area contributed by atoms with Gasteiger partial charge in [0.25, 0.3) is 0 Å². The lowest BCUT2D eigenvalue weighted by atomic mass is 10.0. The van der Waals surface area contributed by atoms with Gasteiger partial charge in [-0.15, -0.1) is 0 Å². The van der Waals surface area contributed by atoms with Crippen molar-refractivity contribution in [3.63, 3.8) is 0 Å². The maximum Gasteiger partial charge on any atom is 0.105 e. The Labute approximate surface area is 119 Å². The van der Waals surface area contributed by atoms with E-state index in [4.69, 9.17) is 0 Å². The number of hydrogen-bond donors (Lipinski definition) is 4. The van der Waals surface area contributed by atoms with Crippen molar-refractivity contribution in [2.75, 3.05) is 36.8 Å². The lowest BCUT2D eigenvalue weighted by Gasteiger charge is -2.30. The molecule has 0 saturated carbocycles. The Kier molecular flexibility index (Phi) is 5.51. The lowest BCUT2D eigenvalue weighted by molar-refractivity contribution is 0.0172. The first-order valence-corrected chi connectivity index (χ1v) is 7.38. The first-order valence-electron chi connectivity index (χ1n) is 6.75. The monoisotopic (exact) mass is 282 g/mol. The fourth-order valence-electron chi connectivity index (χ4n) is 2.34. The molecule has 1 aromatic rings. The van der Waals surface area contributed by atoms with Crippen LogP contribution in [-0.4, -0.2) is 48.2 Å². The van der Waals surface area contributed by atoms with Crippen molar-refractivity contribution in [1.29, 1.82) is 0 Å². The Morgan fingerprint density at radius 2 is 2.00 bits per heavy atom. The molecule has 5 heteroatoms. The number of hydrogen-bond acceptors (Lipinski definition) is 5. The number of piperazine rings is 1. The Bertz CT molecular complexity index is 397. The van der Waals surface area contributed by atoms with E-state index in [0.29, 0.717) is 12.2 Å². The van der Waals surface area contributed by atoms with Crippen LogP contribution < -0.4 is 10.2 Å². The van der Waals surface area contributed by atoms with Crippen molar-refractivity contribution in [3.8, 4) is 0 Å². The van der Waals surface area contributed by atoms with Crippen LogP contribution in [0.4, 0.5) is 5.69 Å². The summed E-state index contributed by atoms with van der Waals surface area (Å²) in [5.41, 5.74) is 1.88. The van der Waals surface area contributed by atoms with Gasteiger partial charge in [0.1, 0.15) is 6.10 Å². The Morgan fingerprint density at radius 3 is 2.68 bits per heavy atom. The number of aliphatic hydroxyl groups is 2. The van der Waals surface area contributed by atoms with Crippen LogP contribution in [-0.2, 0) is 0 Å². The van der Waals surface area contributed by atoms with Crippen LogP contribution in [0.15, 0.2) is 24.3 Å². The smallest absolute Gasteiger partial charge is 0.105 e. The van der Waals surface area contributed by atoms with Gasteiger partial charge >= 0.3 is 0 Å². The fourth-order valence-corrected chi connectivity index (χ4v) is 2.61. The first-order chi connectivity index (χ1) is 9.22. The van der Waals surface area contributed by atoms with Crippen LogP contribution in [0.1, 0.15) is 18.1 Å². The van der Waals surface area contributed by atoms with Crippen molar-refractivity contribution >= 4 is 18.3 Å². The molecule has 19 heavy (non-hydrogen) atoms. The van der Waals surface area contributed by atoms with Gasteiger partial charge in [-0.2, -0.15) is 12.6 Å². The quantitative estimate of drug-likeness (QED) is 0.604. The van der Waals surface area contributed by atoms with Crippen LogP contribution in [0.2, 0.25) is 0 Å². The minimum atomic E-state index is -0.838. The van der Waals surface area contributed by atoms with Gasteiger partial charge in [-0.25, -0.2) is 0 Å². The average molecular weight is 282 g/mol. The molecule has 2 atom stereocenters. The topological polar surface area (TPSA) is 55.7 Å². The second-order valence-corrected chi connectivity index (χ2v) is 5.30. The van der Waals surface area contributed by atoms with Crippen LogP contribution >= 0.6 is 12.6 Å². The van der Waals surface area contributed by atoms with Crippen molar-refractivity contribution in [3.05, 3.63) is 29.8 Å². The molecule has 0 aromatic heterocycles. The van der Waals surface area contributed by atoms with E-state index in [1.165, 1.54) is 0 Å². The number of benzene rings is 1. The zero-order valence-electron chi connectivity index (χ0n) is 11.0. The van der Waals surface area contributed by atoms with E-state index in [0.717, 1.165) is 37.4 Å². The molecule has 1 aliphatic rings. The molecular formula is C14H22N2O2S. The molecule has 1 aliphatic heterocycles. The zero-order valence-corrected chi connectivity index (χ0v) is 11.9. The van der Waals surface area contributed by atoms with Gasteiger partial charge < -0.3 is 20.4 Å². The number of thiol groups is 1. The predicted molar refractivity (Wildman–Crippen MR) is 81.0 cm³/mol. The molecule has 0 bridgehead atoms. The van der Waals surface area contributed by atoms with Crippen LogP contribution in [0.5, 0.6) is 0 Å². The summed E-state index contributed by atoms with van der Waals surface area (Å²) in [5, 5.41) is 23.3. The second-order valence-electron chi connectivity index (χ2n) is 4.86. The summed E-state index contributed by atoms with van der Waals surface area (Å²) in [7, 11) is 0. The normalized spacial score (nSPS) is 19.2. The molecule has 0 spiro atoms. The molecule has 1 aromatic carbocycles. The molecule has 1 saturated heterocycles. The minimum Gasteiger partial charge on any atom is -0.390 e. The number of nitrogens with one attached hydrogen (secondary N) is 1. The van der Waals surface area contributed by atoms with Crippen molar-refractivity contribution in [2.45, 2.75) is 18.6 Å². The largest absolute Gasteiger partial charge is 0.390 e. The van der Waals surface area contributed by atoms with E-state index in [1.807, 2.05) is 24.3 Å². The van der Waals surface area contributed by atoms with Crippen molar-refractivity contribution in [2.24, 2.45) is 0 Å². The molecule has 3 N–H and O–H groups in total. The van der Waals surface area contributed by atoms with Crippen molar-refractivity contribution < 1.29 is 10.2 Å². The number of rotatable bonds is 5. The maximum absolute atomic E-state index is 10.1. The van der Waals surface area contributed by atoms with Gasteiger partial charge in [0, 0.05) is 31.9 Å². The number of aliphatic hydroxyl groups excluding tert-OH is 2. The van der Waals surface area contributed by atoms with E-state index in [1.54, 1.807) is 0 Å². The Morgan fingerprint density at radius 1 is 1.26 bits per heavy atom. The summed E-state index contributed by atoms with van der Waals surface area (Å²) in [6, 6.07) is 7.81. The molecule has 2 rings (SSSR count). The highest BCUT2D eigenvalue weighted by Gasteiger charge is 2.19. The Hall–Kier alpha value is -0.750. The number of nitrogens with zero attached hydrogens (tertiary/aromatic N) is 1. The summed E-state index contributed by atoms with van der Waals surface area (Å²) >= 11 is 4.08. The highest BCUT2D eigenvalue weighted by molar-refractivity contribution is 7.80. The molecule has 1 heterocycles. The van der Waals surface area contributed by atoms with E-state index in [9.17, 15) is 10.2 Å². The van der Waals surface area contributed by atoms with Gasteiger partial charge in [-0.1, -0.05) is 12.1 Å². The summed E-state index contributed by atoms with van der Waals surface area (Å²) in [5.74, 6) is 0.565. The van der Waals surface area contributed by atoms with Gasteiger partial charge in [-0.3, -0.25) is 0 Å². The van der Waals surface area contributed by atoms with E-state index in [-0.39, 0.29) is 0 Å². The third-order valence-corrected chi connectivity index (χ3v) is 3.74. The zero-order chi connectivity index (χ0) is 13.7.